The number of piperidine rings is 1. The largest absolute Gasteiger partial charge is 0.302 e. The van der Waals surface area contributed by atoms with Crippen molar-refractivity contribution in [3.63, 3.8) is 0 Å². The first kappa shape index (κ1) is 16.0. The molecule has 21 heavy (non-hydrogen) atoms. The molecule has 1 aromatic carbocycles. The molecular weight excluding hydrogens is 286 g/mol. The van der Waals surface area contributed by atoms with Crippen molar-refractivity contribution >= 4 is 10.0 Å². The monoisotopic (exact) mass is 307 g/mol. The number of nitriles is 1. The first-order valence-corrected chi connectivity index (χ1v) is 8.82. The molecule has 1 fully saturated rings. The molecule has 0 radical (unpaired) electrons. The van der Waals surface area contributed by atoms with E-state index in [1.54, 1.807) is 24.3 Å². The minimum atomic E-state index is -3.42. The van der Waals surface area contributed by atoms with Crippen molar-refractivity contribution in [1.82, 2.24) is 9.62 Å². The van der Waals surface area contributed by atoms with E-state index >= 15 is 0 Å². The third-order valence-electron chi connectivity index (χ3n) is 3.94. The molecule has 6 heteroatoms. The summed E-state index contributed by atoms with van der Waals surface area (Å²) in [6.45, 7) is 1.46. The lowest BCUT2D eigenvalue weighted by Gasteiger charge is -2.32. The van der Waals surface area contributed by atoms with E-state index < -0.39 is 10.0 Å². The molecule has 2 rings (SSSR count). The van der Waals surface area contributed by atoms with E-state index in [0.717, 1.165) is 19.4 Å². The lowest BCUT2D eigenvalue weighted by Crippen LogP contribution is -2.44. The van der Waals surface area contributed by atoms with Crippen LogP contribution in [0.2, 0.25) is 0 Å². The van der Waals surface area contributed by atoms with Gasteiger partial charge in [-0.15, -0.1) is 0 Å². The van der Waals surface area contributed by atoms with Crippen LogP contribution in [-0.4, -0.2) is 39.5 Å². The van der Waals surface area contributed by atoms with Gasteiger partial charge in [-0.05, 0) is 38.1 Å². The second-order valence-electron chi connectivity index (χ2n) is 5.51. The Kier molecular flexibility index (Phi) is 5.34. The summed E-state index contributed by atoms with van der Waals surface area (Å²) >= 11 is 0. The summed E-state index contributed by atoms with van der Waals surface area (Å²) < 4.78 is 27.0. The zero-order valence-corrected chi connectivity index (χ0v) is 13.1. The zero-order chi connectivity index (χ0) is 15.3. The third kappa shape index (κ3) is 4.53. The van der Waals surface area contributed by atoms with Crippen LogP contribution in [0.4, 0.5) is 0 Å². The van der Waals surface area contributed by atoms with E-state index in [1.807, 2.05) is 13.1 Å². The fourth-order valence-electron chi connectivity index (χ4n) is 2.64. The van der Waals surface area contributed by atoms with Gasteiger partial charge in [0.25, 0.3) is 0 Å². The second kappa shape index (κ2) is 7.03. The van der Waals surface area contributed by atoms with E-state index in [4.69, 9.17) is 5.26 Å². The minimum Gasteiger partial charge on any atom is -0.302 e. The maximum atomic E-state index is 12.2. The maximum absolute atomic E-state index is 12.2. The van der Waals surface area contributed by atoms with Gasteiger partial charge in [-0.25, -0.2) is 13.1 Å². The van der Waals surface area contributed by atoms with E-state index in [-0.39, 0.29) is 11.8 Å². The number of rotatable bonds is 5. The highest BCUT2D eigenvalue weighted by Gasteiger charge is 2.21. The first-order valence-electron chi connectivity index (χ1n) is 7.17. The molecule has 0 spiro atoms. The van der Waals surface area contributed by atoms with Gasteiger partial charge in [-0.2, -0.15) is 5.26 Å². The van der Waals surface area contributed by atoms with Crippen LogP contribution in [0.1, 0.15) is 30.4 Å². The quantitative estimate of drug-likeness (QED) is 0.894. The maximum Gasteiger partial charge on any atom is 0.215 e. The smallest absolute Gasteiger partial charge is 0.215 e. The highest BCUT2D eigenvalue weighted by atomic mass is 32.2. The van der Waals surface area contributed by atoms with E-state index in [1.165, 1.54) is 6.42 Å². The topological polar surface area (TPSA) is 73.2 Å². The molecule has 1 atom stereocenters. The van der Waals surface area contributed by atoms with Crippen molar-refractivity contribution in [3.05, 3.63) is 35.4 Å². The fraction of sp³-hybridized carbons (Fsp3) is 0.533. The van der Waals surface area contributed by atoms with Crippen molar-refractivity contribution in [1.29, 1.82) is 5.26 Å². The van der Waals surface area contributed by atoms with Crippen LogP contribution in [0, 0.1) is 11.3 Å². The van der Waals surface area contributed by atoms with Gasteiger partial charge < -0.3 is 4.90 Å². The number of hydrogen-bond acceptors (Lipinski definition) is 4. The summed E-state index contributed by atoms with van der Waals surface area (Å²) in [6.07, 6.45) is 3.34. The predicted molar refractivity (Wildman–Crippen MR) is 82.1 cm³/mol. The molecule has 1 aromatic rings. The molecule has 0 bridgehead atoms. The van der Waals surface area contributed by atoms with Crippen LogP contribution in [0.15, 0.2) is 24.3 Å². The summed E-state index contributed by atoms with van der Waals surface area (Å²) in [4.78, 5) is 2.20. The molecule has 0 aromatic heterocycles. The molecule has 1 aliphatic heterocycles. The standard InChI is InChI=1S/C15H21N3O2S/c1-18-9-5-4-8-15(18)11-17-21(19,20)12-14-7-3-2-6-13(14)10-16/h2-3,6-7,15,17H,4-5,8-9,11-12H2,1H3. The van der Waals surface area contributed by atoms with Crippen molar-refractivity contribution in [2.45, 2.75) is 31.1 Å². The van der Waals surface area contributed by atoms with Crippen LogP contribution in [-0.2, 0) is 15.8 Å². The third-order valence-corrected chi connectivity index (χ3v) is 5.24. The van der Waals surface area contributed by atoms with E-state index in [2.05, 4.69) is 9.62 Å². The van der Waals surface area contributed by atoms with Crippen LogP contribution < -0.4 is 4.72 Å². The molecule has 1 saturated heterocycles. The van der Waals surface area contributed by atoms with Crippen molar-refractivity contribution in [2.75, 3.05) is 20.1 Å². The molecule has 1 unspecified atom stereocenters. The van der Waals surface area contributed by atoms with E-state index in [0.29, 0.717) is 17.7 Å². The number of benzene rings is 1. The molecule has 1 aliphatic rings. The molecule has 0 amide bonds. The fourth-order valence-corrected chi connectivity index (χ4v) is 3.85. The SMILES string of the molecule is CN1CCCCC1CNS(=O)(=O)Cc1ccccc1C#N. The van der Waals surface area contributed by atoms with Gasteiger partial charge in [0.15, 0.2) is 0 Å². The number of likely N-dealkylation sites (N-methyl/N-ethyl adjacent to an activating group) is 1. The summed E-state index contributed by atoms with van der Waals surface area (Å²) in [5.41, 5.74) is 0.960. The van der Waals surface area contributed by atoms with Crippen LogP contribution >= 0.6 is 0 Å². The van der Waals surface area contributed by atoms with Gasteiger partial charge in [0.05, 0.1) is 17.4 Å². The van der Waals surface area contributed by atoms with E-state index in [9.17, 15) is 8.42 Å². The summed E-state index contributed by atoms with van der Waals surface area (Å²) in [5, 5.41) is 9.01. The molecule has 0 aliphatic carbocycles. The highest BCUT2D eigenvalue weighted by Crippen LogP contribution is 2.15. The Hall–Kier alpha value is -1.42. The van der Waals surface area contributed by atoms with Gasteiger partial charge in [-0.1, -0.05) is 24.6 Å². The Balaban J connectivity index is 1.97. The summed E-state index contributed by atoms with van der Waals surface area (Å²) in [6, 6.07) is 9.10. The zero-order valence-electron chi connectivity index (χ0n) is 12.2. The molecule has 1 heterocycles. The van der Waals surface area contributed by atoms with Gasteiger partial charge in [-0.3, -0.25) is 0 Å². The predicted octanol–water partition coefficient (Wildman–Crippen LogP) is 1.46. The lowest BCUT2D eigenvalue weighted by atomic mass is 10.0. The Morgan fingerprint density at radius 2 is 2.14 bits per heavy atom. The number of likely N-dealkylation sites (tertiary alicyclic amines) is 1. The summed E-state index contributed by atoms with van der Waals surface area (Å²) in [7, 11) is -1.39. The van der Waals surface area contributed by atoms with Crippen molar-refractivity contribution in [3.8, 4) is 6.07 Å². The highest BCUT2D eigenvalue weighted by molar-refractivity contribution is 7.88. The van der Waals surface area contributed by atoms with Gasteiger partial charge in [0.1, 0.15) is 0 Å². The Labute approximate surface area is 126 Å². The van der Waals surface area contributed by atoms with Crippen molar-refractivity contribution < 1.29 is 8.42 Å². The Morgan fingerprint density at radius 3 is 2.86 bits per heavy atom. The molecular formula is C15H21N3O2S. The lowest BCUT2D eigenvalue weighted by molar-refractivity contribution is 0.187. The number of sulfonamides is 1. The van der Waals surface area contributed by atoms with Gasteiger partial charge in [0.2, 0.25) is 10.0 Å². The van der Waals surface area contributed by atoms with Crippen LogP contribution in [0.3, 0.4) is 0 Å². The molecule has 5 nitrogen and oxygen atoms in total. The average molecular weight is 307 g/mol. The number of nitrogens with one attached hydrogen (secondary N) is 1. The summed E-state index contributed by atoms with van der Waals surface area (Å²) in [5.74, 6) is -0.146. The normalized spacial score (nSPS) is 20.1. The van der Waals surface area contributed by atoms with Crippen molar-refractivity contribution in [2.24, 2.45) is 0 Å². The Morgan fingerprint density at radius 1 is 1.38 bits per heavy atom. The van der Waals surface area contributed by atoms with Gasteiger partial charge in [0, 0.05) is 12.6 Å². The second-order valence-corrected chi connectivity index (χ2v) is 7.31. The van der Waals surface area contributed by atoms with Crippen LogP contribution in [0.25, 0.3) is 0 Å². The number of hydrogen-bond donors (Lipinski definition) is 1. The van der Waals surface area contributed by atoms with Gasteiger partial charge >= 0.3 is 0 Å². The first-order chi connectivity index (χ1) is 10.0. The average Bonchev–Trinajstić information content (AvgIpc) is 2.47. The van der Waals surface area contributed by atoms with Crippen LogP contribution in [0.5, 0.6) is 0 Å². The Bertz CT molecular complexity index is 622. The molecule has 0 saturated carbocycles. The minimum absolute atomic E-state index is 0.146. The molecule has 114 valence electrons. The number of nitrogens with zero attached hydrogens (tertiary/aromatic N) is 2. The molecule has 1 N–H and O–H groups in total.